The van der Waals surface area contributed by atoms with Crippen LogP contribution in [0.1, 0.15) is 20.8 Å². The number of hydrogen-bond donors (Lipinski definition) is 1. The minimum Gasteiger partial charge on any atom is -0.321 e. The summed E-state index contributed by atoms with van der Waals surface area (Å²) in [5, 5.41) is 2.46. The Morgan fingerprint density at radius 3 is 2.11 bits per heavy atom. The summed E-state index contributed by atoms with van der Waals surface area (Å²) in [7, 11) is -3.75. The van der Waals surface area contributed by atoms with Crippen LogP contribution in [0, 0.1) is 6.92 Å². The van der Waals surface area contributed by atoms with Crippen LogP contribution in [0.4, 0.5) is 18.9 Å². The number of nitrogens with one attached hydrogen (secondary N) is 1. The topological polar surface area (TPSA) is 63.2 Å². The highest BCUT2D eigenvalue weighted by molar-refractivity contribution is 7.93. The fourth-order valence-corrected chi connectivity index (χ4v) is 4.96. The standard InChI is InChI=1S/C19H14F3NO3S2/c1-12-2-8-15(9-3-12)28(25,26)17-11-10-16(27-17)18(24)23-14-6-4-13(5-7-14)19(20,21)22/h2-11H,1H3,(H,23,24). The summed E-state index contributed by atoms with van der Waals surface area (Å²) in [6, 6.07) is 13.0. The van der Waals surface area contributed by atoms with E-state index in [0.29, 0.717) is 0 Å². The number of carbonyl (C=O) groups is 1. The molecule has 1 N–H and O–H groups in total. The molecule has 0 aliphatic rings. The van der Waals surface area contributed by atoms with E-state index in [1.54, 1.807) is 12.1 Å². The zero-order chi connectivity index (χ0) is 20.5. The smallest absolute Gasteiger partial charge is 0.321 e. The van der Waals surface area contributed by atoms with Gasteiger partial charge in [-0.2, -0.15) is 13.2 Å². The number of halogens is 3. The van der Waals surface area contributed by atoms with Gasteiger partial charge in [-0.15, -0.1) is 11.3 Å². The molecule has 0 atom stereocenters. The summed E-state index contributed by atoms with van der Waals surface area (Å²) in [6.07, 6.45) is -4.46. The van der Waals surface area contributed by atoms with Gasteiger partial charge in [0.25, 0.3) is 5.91 Å². The first kappa shape index (κ1) is 20.1. The Bertz CT molecular complexity index is 1100. The Hall–Kier alpha value is -2.65. The largest absolute Gasteiger partial charge is 0.416 e. The van der Waals surface area contributed by atoms with Gasteiger partial charge in [0, 0.05) is 5.69 Å². The van der Waals surface area contributed by atoms with Gasteiger partial charge in [0.15, 0.2) is 0 Å². The van der Waals surface area contributed by atoms with E-state index in [2.05, 4.69) is 5.32 Å². The van der Waals surface area contributed by atoms with Crippen LogP contribution in [-0.4, -0.2) is 14.3 Å². The third-order valence-electron chi connectivity index (χ3n) is 3.87. The third-order valence-corrected chi connectivity index (χ3v) is 7.22. The predicted octanol–water partition coefficient (Wildman–Crippen LogP) is 5.16. The average molecular weight is 425 g/mol. The minimum absolute atomic E-state index is 0.00826. The van der Waals surface area contributed by atoms with Crippen LogP contribution in [0.25, 0.3) is 0 Å². The molecule has 0 saturated carbocycles. The molecule has 0 spiro atoms. The van der Waals surface area contributed by atoms with E-state index in [4.69, 9.17) is 0 Å². The van der Waals surface area contributed by atoms with Crippen molar-refractivity contribution < 1.29 is 26.4 Å². The van der Waals surface area contributed by atoms with Gasteiger partial charge in [-0.25, -0.2) is 8.42 Å². The number of amides is 1. The zero-order valence-corrected chi connectivity index (χ0v) is 16.1. The van der Waals surface area contributed by atoms with Crippen molar-refractivity contribution in [1.82, 2.24) is 0 Å². The SMILES string of the molecule is Cc1ccc(S(=O)(=O)c2ccc(C(=O)Nc3ccc(C(F)(F)F)cc3)s2)cc1. The van der Waals surface area contributed by atoms with Crippen LogP contribution in [0.5, 0.6) is 0 Å². The van der Waals surface area contributed by atoms with Crippen molar-refractivity contribution in [1.29, 1.82) is 0 Å². The van der Waals surface area contributed by atoms with E-state index >= 15 is 0 Å². The molecule has 1 amide bonds. The molecule has 3 rings (SSSR count). The van der Waals surface area contributed by atoms with Gasteiger partial charge in [-0.1, -0.05) is 17.7 Å². The summed E-state index contributed by atoms with van der Waals surface area (Å²) in [4.78, 5) is 12.5. The predicted molar refractivity (Wildman–Crippen MR) is 100 cm³/mol. The van der Waals surface area contributed by atoms with E-state index < -0.39 is 27.5 Å². The molecule has 1 heterocycles. The summed E-state index contributed by atoms with van der Waals surface area (Å²) in [5.41, 5.74) is 0.268. The van der Waals surface area contributed by atoms with E-state index in [1.807, 2.05) is 6.92 Å². The molecule has 3 aromatic rings. The van der Waals surface area contributed by atoms with Gasteiger partial charge >= 0.3 is 6.18 Å². The Balaban J connectivity index is 1.78. The summed E-state index contributed by atoms with van der Waals surface area (Å²) >= 11 is 0.794. The molecule has 9 heteroatoms. The van der Waals surface area contributed by atoms with E-state index in [0.717, 1.165) is 41.2 Å². The number of carbonyl (C=O) groups excluding carboxylic acids is 1. The minimum atomic E-state index is -4.46. The molecule has 1 aromatic heterocycles. The number of thiophene rings is 1. The Kier molecular flexibility index (Phi) is 5.31. The quantitative estimate of drug-likeness (QED) is 0.628. The van der Waals surface area contributed by atoms with Crippen molar-refractivity contribution in [2.75, 3.05) is 5.32 Å². The van der Waals surface area contributed by atoms with Gasteiger partial charge in [0.05, 0.1) is 15.3 Å². The molecule has 28 heavy (non-hydrogen) atoms. The molecule has 0 aliphatic heterocycles. The lowest BCUT2D eigenvalue weighted by Crippen LogP contribution is -2.11. The molecule has 0 saturated heterocycles. The number of aryl methyl sites for hydroxylation is 1. The molecule has 2 aromatic carbocycles. The van der Waals surface area contributed by atoms with Gasteiger partial charge in [-0.3, -0.25) is 4.79 Å². The molecule has 146 valence electrons. The van der Waals surface area contributed by atoms with Crippen LogP contribution in [0.2, 0.25) is 0 Å². The first-order chi connectivity index (χ1) is 13.1. The average Bonchev–Trinajstić information content (AvgIpc) is 3.13. The number of sulfone groups is 1. The lowest BCUT2D eigenvalue weighted by atomic mass is 10.2. The van der Waals surface area contributed by atoms with Gasteiger partial charge < -0.3 is 5.32 Å². The maximum atomic E-state index is 12.6. The van der Waals surface area contributed by atoms with Crippen LogP contribution in [0.15, 0.2) is 69.8 Å². The highest BCUT2D eigenvalue weighted by atomic mass is 32.2. The second kappa shape index (κ2) is 7.40. The number of hydrogen-bond acceptors (Lipinski definition) is 4. The van der Waals surface area contributed by atoms with Crippen LogP contribution < -0.4 is 5.32 Å². The monoisotopic (exact) mass is 425 g/mol. The molecule has 0 unspecified atom stereocenters. The lowest BCUT2D eigenvalue weighted by molar-refractivity contribution is -0.137. The van der Waals surface area contributed by atoms with E-state index in [-0.39, 0.29) is 19.7 Å². The lowest BCUT2D eigenvalue weighted by Gasteiger charge is -2.08. The van der Waals surface area contributed by atoms with Crippen molar-refractivity contribution in [3.63, 3.8) is 0 Å². The summed E-state index contributed by atoms with van der Waals surface area (Å²) < 4.78 is 63.0. The number of anilines is 1. The molecule has 0 bridgehead atoms. The van der Waals surface area contributed by atoms with Crippen LogP contribution in [0.3, 0.4) is 0 Å². The Morgan fingerprint density at radius 2 is 1.54 bits per heavy atom. The first-order valence-corrected chi connectivity index (χ1v) is 10.3. The van der Waals surface area contributed by atoms with Crippen molar-refractivity contribution >= 4 is 32.8 Å². The maximum absolute atomic E-state index is 12.6. The van der Waals surface area contributed by atoms with Gasteiger partial charge in [0.1, 0.15) is 4.21 Å². The summed E-state index contributed by atoms with van der Waals surface area (Å²) in [5.74, 6) is -0.602. The second-order valence-electron chi connectivity index (χ2n) is 5.96. The normalized spacial score (nSPS) is 12.0. The molecule has 4 nitrogen and oxygen atoms in total. The van der Waals surface area contributed by atoms with Crippen LogP contribution >= 0.6 is 11.3 Å². The fraction of sp³-hybridized carbons (Fsp3) is 0.105. The van der Waals surface area contributed by atoms with E-state index in [9.17, 15) is 26.4 Å². The number of benzene rings is 2. The molecular formula is C19H14F3NO3S2. The Morgan fingerprint density at radius 1 is 0.929 bits per heavy atom. The fourth-order valence-electron chi connectivity index (χ4n) is 2.36. The molecule has 0 fully saturated rings. The van der Waals surface area contributed by atoms with Gasteiger partial charge in [0.2, 0.25) is 9.84 Å². The van der Waals surface area contributed by atoms with Crippen molar-refractivity contribution in [3.05, 3.63) is 76.7 Å². The maximum Gasteiger partial charge on any atom is 0.416 e. The van der Waals surface area contributed by atoms with Gasteiger partial charge in [-0.05, 0) is 55.5 Å². The first-order valence-electron chi connectivity index (χ1n) is 7.97. The van der Waals surface area contributed by atoms with Crippen molar-refractivity contribution in [3.8, 4) is 0 Å². The van der Waals surface area contributed by atoms with E-state index in [1.165, 1.54) is 24.3 Å². The molecular weight excluding hydrogens is 411 g/mol. The highest BCUT2D eigenvalue weighted by Gasteiger charge is 2.30. The van der Waals surface area contributed by atoms with Crippen molar-refractivity contribution in [2.24, 2.45) is 0 Å². The number of rotatable bonds is 4. The highest BCUT2D eigenvalue weighted by Crippen LogP contribution is 2.31. The molecule has 0 aliphatic carbocycles. The molecule has 0 radical (unpaired) electrons. The van der Waals surface area contributed by atoms with Crippen LogP contribution in [-0.2, 0) is 16.0 Å². The number of alkyl halides is 3. The Labute approximate surface area is 163 Å². The second-order valence-corrected chi connectivity index (χ2v) is 9.22. The third kappa shape index (κ3) is 4.26. The van der Waals surface area contributed by atoms with Crippen molar-refractivity contribution in [2.45, 2.75) is 22.2 Å². The summed E-state index contributed by atoms with van der Waals surface area (Å²) in [6.45, 7) is 1.84. The zero-order valence-electron chi connectivity index (χ0n) is 14.4.